The predicted molar refractivity (Wildman–Crippen MR) is 90.4 cm³/mol. The molecule has 134 valence electrons. The summed E-state index contributed by atoms with van der Waals surface area (Å²) in [5.41, 5.74) is 0.751. The van der Waals surface area contributed by atoms with Crippen LogP contribution in [0, 0.1) is 0 Å². The monoisotopic (exact) mass is 358 g/mol. The van der Waals surface area contributed by atoms with Crippen LogP contribution in [0.2, 0.25) is 0 Å². The zero-order valence-corrected chi connectivity index (χ0v) is 13.5. The highest BCUT2D eigenvalue weighted by atomic mass is 19.3. The molecule has 1 saturated carbocycles. The molecule has 26 heavy (non-hydrogen) atoms. The number of hydrogen-bond acceptors (Lipinski definition) is 5. The van der Waals surface area contributed by atoms with Crippen molar-refractivity contribution in [2.45, 2.75) is 25.2 Å². The van der Waals surface area contributed by atoms with Gasteiger partial charge in [-0.1, -0.05) is 0 Å². The van der Waals surface area contributed by atoms with Crippen LogP contribution < -0.4 is 5.32 Å². The summed E-state index contributed by atoms with van der Waals surface area (Å²) < 4.78 is 26.8. The van der Waals surface area contributed by atoms with Crippen LogP contribution in [-0.2, 0) is 0 Å². The van der Waals surface area contributed by atoms with Crippen LogP contribution in [0.25, 0.3) is 5.82 Å². The van der Waals surface area contributed by atoms with E-state index in [1.54, 1.807) is 23.3 Å². The summed E-state index contributed by atoms with van der Waals surface area (Å²) in [4.78, 5) is 28.8. The van der Waals surface area contributed by atoms with Crippen LogP contribution >= 0.6 is 0 Å². The van der Waals surface area contributed by atoms with Crippen LogP contribution in [0.3, 0.4) is 0 Å². The quantitative estimate of drug-likeness (QED) is 0.756. The van der Waals surface area contributed by atoms with Crippen molar-refractivity contribution < 1.29 is 15.0 Å². The molecule has 0 aromatic carbocycles. The van der Waals surface area contributed by atoms with Gasteiger partial charge in [-0.2, -0.15) is 0 Å². The molecule has 1 aliphatic rings. The molecule has 1 aliphatic carbocycles. The van der Waals surface area contributed by atoms with Crippen molar-refractivity contribution >= 4 is 11.6 Å². The highest BCUT2D eigenvalue weighted by Crippen LogP contribution is 2.39. The van der Waals surface area contributed by atoms with Crippen molar-refractivity contribution in [2.24, 2.45) is 0 Å². The number of rotatable bonds is 5. The fraction of sp³-hybridized carbons (Fsp3) is 0.235. The van der Waals surface area contributed by atoms with E-state index >= 15 is 0 Å². The number of hydrogen-bond donors (Lipinski definition) is 1. The predicted octanol–water partition coefficient (Wildman–Crippen LogP) is 3.37. The van der Waals surface area contributed by atoms with E-state index < -0.39 is 12.3 Å². The highest BCUT2D eigenvalue weighted by Gasteiger charge is 2.27. The van der Waals surface area contributed by atoms with Crippen molar-refractivity contribution in [3.05, 3.63) is 60.3 Å². The van der Waals surface area contributed by atoms with E-state index in [1.807, 2.05) is 6.07 Å². The fourth-order valence-electron chi connectivity index (χ4n) is 2.46. The minimum Gasteiger partial charge on any atom is -0.318 e. The molecule has 3 aromatic rings. The first-order valence-electron chi connectivity index (χ1n) is 8.03. The molecule has 1 amide bonds. The second-order valence-electron chi connectivity index (χ2n) is 5.95. The fourth-order valence-corrected chi connectivity index (χ4v) is 2.46. The molecule has 9 heteroatoms. The van der Waals surface area contributed by atoms with Crippen LogP contribution in [0.5, 0.6) is 0 Å². The number of anilines is 1. The topological polar surface area (TPSA) is 85.6 Å². The molecule has 0 unspecified atom stereocenters. The number of carbonyl (C=O) groups excluding carboxylic acids is 1. The second-order valence-corrected chi connectivity index (χ2v) is 5.95. The minimum absolute atomic E-state index is 0. The van der Waals surface area contributed by atoms with E-state index in [0.717, 1.165) is 18.5 Å². The van der Waals surface area contributed by atoms with E-state index in [9.17, 15) is 13.6 Å². The number of imidazole rings is 1. The maximum atomic E-state index is 12.6. The number of alkyl halides is 2. The lowest BCUT2D eigenvalue weighted by Gasteiger charge is -2.09. The van der Waals surface area contributed by atoms with Gasteiger partial charge in [0.15, 0.2) is 0 Å². The number of carbonyl (C=O) groups is 1. The Morgan fingerprint density at radius 3 is 2.77 bits per heavy atom. The lowest BCUT2D eigenvalue weighted by atomic mass is 10.2. The van der Waals surface area contributed by atoms with Crippen molar-refractivity contribution in [2.75, 3.05) is 5.32 Å². The molecule has 0 saturated heterocycles. The van der Waals surface area contributed by atoms with E-state index in [4.69, 9.17) is 0 Å². The Labute approximate surface area is 148 Å². The maximum absolute atomic E-state index is 12.6. The molecule has 0 atom stereocenters. The van der Waals surface area contributed by atoms with Gasteiger partial charge in [0.2, 0.25) is 5.82 Å². The standard InChI is InChI=1S/C17H14F2N6O.H2/c18-15(19)12-4-3-11(8-21-12)22-17(26)16-23-13(10-1-2-10)7-14(24-16)25-6-5-20-9-25;/h3-10,15H,1-2H2,(H,22,26);1H. The largest absolute Gasteiger partial charge is 0.318 e. The van der Waals surface area contributed by atoms with Crippen LogP contribution in [0.15, 0.2) is 43.1 Å². The van der Waals surface area contributed by atoms with Gasteiger partial charge < -0.3 is 5.32 Å². The third kappa shape index (κ3) is 3.41. The summed E-state index contributed by atoms with van der Waals surface area (Å²) >= 11 is 0. The molecule has 3 aromatic heterocycles. The van der Waals surface area contributed by atoms with Crippen molar-refractivity contribution in [3.8, 4) is 5.82 Å². The summed E-state index contributed by atoms with van der Waals surface area (Å²) in [6.07, 6.45) is 5.52. The molecule has 0 spiro atoms. The third-order valence-electron chi connectivity index (χ3n) is 3.97. The Balaban J connectivity index is 0.00000210. The highest BCUT2D eigenvalue weighted by molar-refractivity contribution is 6.01. The van der Waals surface area contributed by atoms with Crippen LogP contribution in [0.1, 0.15) is 48.6 Å². The number of nitrogens with zero attached hydrogens (tertiary/aromatic N) is 5. The van der Waals surface area contributed by atoms with E-state index in [0.29, 0.717) is 17.4 Å². The molecule has 0 bridgehead atoms. The summed E-state index contributed by atoms with van der Waals surface area (Å²) in [5.74, 6) is 0.367. The SMILES string of the molecule is O=C(Nc1ccc(C(F)F)nc1)c1nc(C2CC2)cc(-n2ccnc2)n1.[HH]. The molecular formula is C17H16F2N6O. The van der Waals surface area contributed by atoms with E-state index in [2.05, 4.69) is 25.3 Å². The lowest BCUT2D eigenvalue weighted by Crippen LogP contribution is -2.18. The molecule has 1 fully saturated rings. The third-order valence-corrected chi connectivity index (χ3v) is 3.97. The first-order chi connectivity index (χ1) is 12.6. The average Bonchev–Trinajstić information content (AvgIpc) is 3.36. The molecule has 1 N–H and O–H groups in total. The Kier molecular flexibility index (Phi) is 4.11. The minimum atomic E-state index is -2.66. The van der Waals surface area contributed by atoms with Gasteiger partial charge >= 0.3 is 0 Å². The molecule has 4 rings (SSSR count). The van der Waals surface area contributed by atoms with Crippen molar-refractivity contribution in [3.63, 3.8) is 0 Å². The van der Waals surface area contributed by atoms with E-state index in [-0.39, 0.29) is 12.9 Å². The van der Waals surface area contributed by atoms with Crippen LogP contribution in [0.4, 0.5) is 14.5 Å². The molecule has 7 nitrogen and oxygen atoms in total. The van der Waals surface area contributed by atoms with E-state index in [1.165, 1.54) is 18.3 Å². The molecule has 0 radical (unpaired) electrons. The normalized spacial score (nSPS) is 13.8. The summed E-state index contributed by atoms with van der Waals surface area (Å²) in [5, 5.41) is 2.59. The summed E-state index contributed by atoms with van der Waals surface area (Å²) in [7, 11) is 0. The Morgan fingerprint density at radius 1 is 1.31 bits per heavy atom. The number of aromatic nitrogens is 5. The van der Waals surface area contributed by atoms with Crippen molar-refractivity contribution in [1.82, 2.24) is 24.5 Å². The number of pyridine rings is 1. The summed E-state index contributed by atoms with van der Waals surface area (Å²) in [6, 6.07) is 4.38. The van der Waals surface area contributed by atoms with Crippen molar-refractivity contribution in [1.29, 1.82) is 0 Å². The van der Waals surface area contributed by atoms with Gasteiger partial charge in [-0.25, -0.2) is 23.7 Å². The van der Waals surface area contributed by atoms with Gasteiger partial charge in [0, 0.05) is 31.5 Å². The van der Waals surface area contributed by atoms with Gasteiger partial charge in [-0.15, -0.1) is 0 Å². The Hall–Kier alpha value is -3.23. The molecular weight excluding hydrogens is 342 g/mol. The molecule has 3 heterocycles. The molecule has 0 aliphatic heterocycles. The zero-order chi connectivity index (χ0) is 18.1. The lowest BCUT2D eigenvalue weighted by molar-refractivity contribution is 0.101. The first-order valence-corrected chi connectivity index (χ1v) is 8.03. The number of nitrogens with one attached hydrogen (secondary N) is 1. The van der Waals surface area contributed by atoms with Gasteiger partial charge in [-0.3, -0.25) is 14.3 Å². The number of halogens is 2. The smallest absolute Gasteiger partial charge is 0.293 e. The number of amides is 1. The maximum Gasteiger partial charge on any atom is 0.293 e. The first kappa shape index (κ1) is 16.2. The van der Waals surface area contributed by atoms with Gasteiger partial charge in [0.25, 0.3) is 12.3 Å². The summed E-state index contributed by atoms with van der Waals surface area (Å²) in [6.45, 7) is 0. The second kappa shape index (κ2) is 6.58. The Bertz CT molecular complexity index is 929. The average molecular weight is 358 g/mol. The van der Waals surface area contributed by atoms with Crippen LogP contribution in [-0.4, -0.2) is 30.4 Å². The van der Waals surface area contributed by atoms with Gasteiger partial charge in [0.05, 0.1) is 11.9 Å². The van der Waals surface area contributed by atoms with Gasteiger partial charge in [0.1, 0.15) is 17.8 Å². The van der Waals surface area contributed by atoms with Gasteiger partial charge in [-0.05, 0) is 25.0 Å². The zero-order valence-electron chi connectivity index (χ0n) is 13.5. The Morgan fingerprint density at radius 2 is 2.15 bits per heavy atom.